The molecule has 0 unspecified atom stereocenters. The van der Waals surface area contributed by atoms with Gasteiger partial charge in [-0.2, -0.15) is 0 Å². The first kappa shape index (κ1) is 28.2. The van der Waals surface area contributed by atoms with Crippen LogP contribution in [-0.2, 0) is 25.6 Å². The number of nitro groups is 1. The quantitative estimate of drug-likeness (QED) is 0.133. The molecule has 0 fully saturated rings. The number of allylic oxidation sites excluding steroid dienone is 2. The first-order valence-electron chi connectivity index (χ1n) is 12.6. The summed E-state index contributed by atoms with van der Waals surface area (Å²) in [6, 6.07) is 21.3. The van der Waals surface area contributed by atoms with Crippen LogP contribution in [0.3, 0.4) is 0 Å². The third-order valence-electron chi connectivity index (χ3n) is 5.97. The van der Waals surface area contributed by atoms with E-state index in [0.29, 0.717) is 31.1 Å². The molecule has 206 valence electrons. The predicted octanol–water partition coefficient (Wildman–Crippen LogP) is 4.74. The molecule has 10 nitrogen and oxygen atoms in total. The average molecular weight is 545 g/mol. The molecule has 0 saturated heterocycles. The number of aliphatic carboxylic acids is 1. The van der Waals surface area contributed by atoms with Crippen LogP contribution in [0.4, 0.5) is 11.4 Å². The minimum Gasteiger partial charge on any atom is -0.491 e. The van der Waals surface area contributed by atoms with E-state index in [1.807, 2.05) is 48.5 Å². The minimum atomic E-state index is -1.02. The zero-order valence-corrected chi connectivity index (χ0v) is 21.6. The van der Waals surface area contributed by atoms with Crippen LogP contribution in [0.2, 0.25) is 0 Å². The molecule has 0 radical (unpaired) electrons. The zero-order chi connectivity index (χ0) is 28.3. The number of amides is 1. The third-order valence-corrected chi connectivity index (χ3v) is 5.97. The van der Waals surface area contributed by atoms with E-state index in [0.717, 1.165) is 22.4 Å². The lowest BCUT2D eigenvalue weighted by Crippen LogP contribution is -2.25. The molecule has 0 bridgehead atoms. The number of nitrogens with zero attached hydrogens (tertiary/aromatic N) is 2. The van der Waals surface area contributed by atoms with Gasteiger partial charge in [0.1, 0.15) is 19.0 Å². The van der Waals surface area contributed by atoms with Gasteiger partial charge in [-0.05, 0) is 47.5 Å². The fourth-order valence-corrected chi connectivity index (χ4v) is 4.06. The second kappa shape index (κ2) is 13.8. The number of hydrogen-bond acceptors (Lipinski definition) is 7. The van der Waals surface area contributed by atoms with E-state index in [2.05, 4.69) is 0 Å². The van der Waals surface area contributed by atoms with Crippen LogP contribution in [-0.4, -0.2) is 54.9 Å². The highest BCUT2D eigenvalue weighted by Gasteiger charge is 2.31. The number of anilines is 1. The summed E-state index contributed by atoms with van der Waals surface area (Å²) in [5.74, 6) is -0.463. The molecule has 4 rings (SSSR count). The van der Waals surface area contributed by atoms with Gasteiger partial charge < -0.3 is 24.2 Å². The highest BCUT2D eigenvalue weighted by atomic mass is 16.6. The second-order valence-electron chi connectivity index (χ2n) is 8.75. The lowest BCUT2D eigenvalue weighted by atomic mass is 10.1. The monoisotopic (exact) mass is 544 g/mol. The Morgan fingerprint density at radius 2 is 1.62 bits per heavy atom. The number of para-hydroxylation sites is 1. The maximum atomic E-state index is 13.4. The molecule has 3 aromatic carbocycles. The van der Waals surface area contributed by atoms with E-state index in [1.165, 1.54) is 12.1 Å². The Morgan fingerprint density at radius 3 is 2.35 bits per heavy atom. The molecule has 40 heavy (non-hydrogen) atoms. The zero-order valence-electron chi connectivity index (χ0n) is 21.6. The maximum absolute atomic E-state index is 13.4. The van der Waals surface area contributed by atoms with Gasteiger partial charge in [-0.25, -0.2) is 4.79 Å². The summed E-state index contributed by atoms with van der Waals surface area (Å²) in [5.41, 5.74) is 3.99. The van der Waals surface area contributed by atoms with E-state index in [9.17, 15) is 19.7 Å². The number of fused-ring (bicyclic) bond motifs is 1. The molecular weight excluding hydrogens is 516 g/mol. The number of carboxylic acids is 1. The summed E-state index contributed by atoms with van der Waals surface area (Å²) in [7, 11) is 0. The van der Waals surface area contributed by atoms with Crippen molar-refractivity contribution in [2.45, 2.75) is 6.54 Å². The number of carboxylic acid groups (broad SMARTS) is 1. The number of rotatable bonds is 14. The highest BCUT2D eigenvalue weighted by Crippen LogP contribution is 2.37. The van der Waals surface area contributed by atoms with E-state index in [4.69, 9.17) is 19.3 Å². The summed E-state index contributed by atoms with van der Waals surface area (Å²) in [6.45, 7) is 1.19. The number of benzene rings is 3. The van der Waals surface area contributed by atoms with Gasteiger partial charge in [0.2, 0.25) is 0 Å². The van der Waals surface area contributed by atoms with Crippen LogP contribution in [0.15, 0.2) is 84.9 Å². The van der Waals surface area contributed by atoms with Gasteiger partial charge >= 0.3 is 5.97 Å². The molecule has 3 aromatic rings. The van der Waals surface area contributed by atoms with Gasteiger partial charge in [-0.1, -0.05) is 42.5 Å². The summed E-state index contributed by atoms with van der Waals surface area (Å²) < 4.78 is 15.9. The normalized spacial score (nSPS) is 13.7. The van der Waals surface area contributed by atoms with Crippen LogP contribution < -0.4 is 9.64 Å². The predicted molar refractivity (Wildman–Crippen MR) is 149 cm³/mol. The largest absolute Gasteiger partial charge is 0.491 e. The molecule has 0 saturated carbocycles. The lowest BCUT2D eigenvalue weighted by Gasteiger charge is -2.17. The number of non-ortho nitro benzene ring substituents is 1. The van der Waals surface area contributed by atoms with E-state index >= 15 is 0 Å². The van der Waals surface area contributed by atoms with E-state index in [-0.39, 0.29) is 31.4 Å². The van der Waals surface area contributed by atoms with Crippen molar-refractivity contribution in [3.8, 4) is 5.75 Å². The van der Waals surface area contributed by atoms with Crippen molar-refractivity contribution < 1.29 is 33.8 Å². The van der Waals surface area contributed by atoms with Gasteiger partial charge in [0.05, 0.1) is 37.0 Å². The van der Waals surface area contributed by atoms with Gasteiger partial charge in [0.25, 0.3) is 11.6 Å². The second-order valence-corrected chi connectivity index (χ2v) is 8.75. The standard InChI is InChI=1S/C30H28N2O8/c33-29(34)21-39-17-16-38-18-19-40-25-14-10-23(11-15-25)20-31-28-7-2-1-5-26(28)27(30(31)35)6-3-4-22-8-12-24(13-9-22)32(36)37/h1-15H,16-21H2,(H,33,34)/b4-3+,27-6?. The van der Waals surface area contributed by atoms with Crippen molar-refractivity contribution >= 4 is 34.9 Å². The maximum Gasteiger partial charge on any atom is 0.329 e. The lowest BCUT2D eigenvalue weighted by molar-refractivity contribution is -0.384. The first-order valence-corrected chi connectivity index (χ1v) is 12.6. The van der Waals surface area contributed by atoms with Crippen molar-refractivity contribution in [2.75, 3.05) is 37.9 Å². The van der Waals surface area contributed by atoms with Crippen molar-refractivity contribution in [3.63, 3.8) is 0 Å². The Hall–Kier alpha value is -4.80. The van der Waals surface area contributed by atoms with Crippen LogP contribution in [0, 0.1) is 10.1 Å². The average Bonchev–Trinajstić information content (AvgIpc) is 3.21. The van der Waals surface area contributed by atoms with Crippen molar-refractivity contribution in [2.24, 2.45) is 0 Å². The molecule has 0 atom stereocenters. The SMILES string of the molecule is O=C(O)COCCOCCOc1ccc(CN2C(=O)C(=C/C=C/c3ccc([N+](=O)[O-])cc3)c3ccccc32)cc1. The first-order chi connectivity index (χ1) is 19.4. The molecule has 1 heterocycles. The molecule has 0 spiro atoms. The Bertz CT molecular complexity index is 1400. The summed E-state index contributed by atoms with van der Waals surface area (Å²) in [6.07, 6.45) is 5.33. The Balaban J connectivity index is 1.33. The van der Waals surface area contributed by atoms with Gasteiger partial charge in [0, 0.05) is 23.3 Å². The van der Waals surface area contributed by atoms with Gasteiger partial charge in [-0.3, -0.25) is 14.9 Å². The fraction of sp³-hybridized carbons (Fsp3) is 0.200. The third kappa shape index (κ3) is 7.62. The van der Waals surface area contributed by atoms with E-state index in [1.54, 1.807) is 35.3 Å². The van der Waals surface area contributed by atoms with Crippen molar-refractivity contribution in [1.29, 1.82) is 0 Å². The summed E-state index contributed by atoms with van der Waals surface area (Å²) in [4.78, 5) is 35.9. The Labute approximate surface area is 230 Å². The summed E-state index contributed by atoms with van der Waals surface area (Å²) >= 11 is 0. The molecule has 1 N–H and O–H groups in total. The highest BCUT2D eigenvalue weighted by molar-refractivity contribution is 6.32. The number of nitro benzene ring substituents is 1. The van der Waals surface area contributed by atoms with Crippen LogP contribution in [0.25, 0.3) is 11.6 Å². The molecule has 0 aromatic heterocycles. The topological polar surface area (TPSA) is 128 Å². The summed E-state index contributed by atoms with van der Waals surface area (Å²) in [5, 5.41) is 19.4. The van der Waals surface area contributed by atoms with Crippen LogP contribution in [0.1, 0.15) is 16.7 Å². The van der Waals surface area contributed by atoms with Crippen LogP contribution in [0.5, 0.6) is 5.75 Å². The number of carbonyl (C=O) groups excluding carboxylic acids is 1. The molecule has 1 aliphatic rings. The van der Waals surface area contributed by atoms with Crippen LogP contribution >= 0.6 is 0 Å². The molecular formula is C30H28N2O8. The van der Waals surface area contributed by atoms with Gasteiger partial charge in [0.15, 0.2) is 0 Å². The van der Waals surface area contributed by atoms with Crippen molar-refractivity contribution in [3.05, 3.63) is 112 Å². The molecule has 0 aliphatic carbocycles. The molecule has 1 amide bonds. The molecule has 1 aliphatic heterocycles. The smallest absolute Gasteiger partial charge is 0.329 e. The van der Waals surface area contributed by atoms with E-state index < -0.39 is 10.9 Å². The van der Waals surface area contributed by atoms with Crippen molar-refractivity contribution in [1.82, 2.24) is 0 Å². The molecule has 10 heteroatoms. The Morgan fingerprint density at radius 1 is 0.925 bits per heavy atom. The van der Waals surface area contributed by atoms with Gasteiger partial charge in [-0.15, -0.1) is 0 Å². The number of ether oxygens (including phenoxy) is 3. The minimum absolute atomic E-state index is 0.0249. The number of hydrogen-bond donors (Lipinski definition) is 1. The fourth-order valence-electron chi connectivity index (χ4n) is 4.06. The Kier molecular flexibility index (Phi) is 9.76. The number of carbonyl (C=O) groups is 2.